The van der Waals surface area contributed by atoms with Gasteiger partial charge in [0, 0.05) is 4.47 Å². The molecule has 1 aliphatic rings. The summed E-state index contributed by atoms with van der Waals surface area (Å²) in [6.45, 7) is 1.16. The maximum Gasteiger partial charge on any atom is 0.339 e. The van der Waals surface area contributed by atoms with Crippen LogP contribution in [0, 0.1) is 23.1 Å². The van der Waals surface area contributed by atoms with Gasteiger partial charge < -0.3 is 10.1 Å². The molecule has 2 rings (SSSR count). The third-order valence-electron chi connectivity index (χ3n) is 3.51. The van der Waals surface area contributed by atoms with Crippen LogP contribution in [0.1, 0.15) is 30.1 Å². The number of nitrogens with one attached hydrogen (secondary N) is 1. The van der Waals surface area contributed by atoms with E-state index in [4.69, 9.17) is 10.00 Å². The minimum atomic E-state index is -0.931. The van der Waals surface area contributed by atoms with Crippen molar-refractivity contribution in [3.63, 3.8) is 0 Å². The second kappa shape index (κ2) is 6.44. The monoisotopic (exact) mass is 368 g/mol. The van der Waals surface area contributed by atoms with Gasteiger partial charge in [-0.25, -0.2) is 9.18 Å². The molecule has 0 unspecified atom stereocenters. The minimum Gasteiger partial charge on any atom is -0.452 e. The Morgan fingerprint density at radius 2 is 2.23 bits per heavy atom. The molecule has 0 spiro atoms. The minimum absolute atomic E-state index is 0.124. The second-order valence-corrected chi connectivity index (χ2v) is 6.19. The molecule has 0 heterocycles. The van der Waals surface area contributed by atoms with Crippen molar-refractivity contribution in [1.29, 1.82) is 5.26 Å². The molecule has 1 saturated carbocycles. The maximum absolute atomic E-state index is 13.0. The van der Waals surface area contributed by atoms with Crippen molar-refractivity contribution in [3.8, 4) is 6.07 Å². The van der Waals surface area contributed by atoms with Crippen molar-refractivity contribution in [2.24, 2.45) is 5.92 Å². The highest BCUT2D eigenvalue weighted by atomic mass is 79.9. The number of hydrogen-bond donors (Lipinski definition) is 1. The van der Waals surface area contributed by atoms with E-state index >= 15 is 0 Å². The number of benzene rings is 1. The van der Waals surface area contributed by atoms with Crippen LogP contribution in [0.15, 0.2) is 22.7 Å². The van der Waals surface area contributed by atoms with E-state index in [2.05, 4.69) is 27.3 Å². The highest BCUT2D eigenvalue weighted by Gasteiger charge is 2.43. The number of halogens is 2. The first-order valence-corrected chi connectivity index (χ1v) is 7.49. The Morgan fingerprint density at radius 3 is 2.77 bits per heavy atom. The third-order valence-corrected chi connectivity index (χ3v) is 4.17. The van der Waals surface area contributed by atoms with E-state index in [1.165, 1.54) is 6.07 Å². The van der Waals surface area contributed by atoms with Crippen LogP contribution in [0.4, 0.5) is 4.39 Å². The number of nitriles is 1. The average molecular weight is 369 g/mol. The van der Waals surface area contributed by atoms with Gasteiger partial charge in [0.2, 0.25) is 0 Å². The predicted molar refractivity (Wildman–Crippen MR) is 79.3 cm³/mol. The van der Waals surface area contributed by atoms with E-state index < -0.39 is 29.8 Å². The Labute approximate surface area is 135 Å². The van der Waals surface area contributed by atoms with Gasteiger partial charge in [-0.3, -0.25) is 4.79 Å². The largest absolute Gasteiger partial charge is 0.452 e. The molecule has 7 heteroatoms. The fourth-order valence-corrected chi connectivity index (χ4v) is 2.58. The number of carbonyl (C=O) groups is 2. The highest BCUT2D eigenvalue weighted by molar-refractivity contribution is 9.10. The molecular weight excluding hydrogens is 355 g/mol. The number of ether oxygens (including phenoxy) is 1. The summed E-state index contributed by atoms with van der Waals surface area (Å²) in [7, 11) is 0. The summed E-state index contributed by atoms with van der Waals surface area (Å²) in [5, 5.41) is 11.7. The van der Waals surface area contributed by atoms with Gasteiger partial charge in [-0.1, -0.05) is 0 Å². The number of carbonyl (C=O) groups excluding carboxylic acids is 2. The Morgan fingerprint density at radius 1 is 1.55 bits per heavy atom. The van der Waals surface area contributed by atoms with Gasteiger partial charge in [0.1, 0.15) is 11.4 Å². The molecule has 1 aromatic carbocycles. The summed E-state index contributed by atoms with van der Waals surface area (Å²) in [5.74, 6) is -1.63. The number of hydrogen-bond acceptors (Lipinski definition) is 4. The van der Waals surface area contributed by atoms with Crippen LogP contribution in [0.3, 0.4) is 0 Å². The molecule has 0 saturated heterocycles. The summed E-state index contributed by atoms with van der Waals surface area (Å²) in [6.07, 6.45) is 1.79. The highest BCUT2D eigenvalue weighted by Crippen LogP contribution is 2.39. The molecule has 1 N–H and O–H groups in total. The first-order valence-electron chi connectivity index (χ1n) is 6.70. The lowest BCUT2D eigenvalue weighted by Gasteiger charge is -2.22. The van der Waals surface area contributed by atoms with Crippen LogP contribution in [0.25, 0.3) is 0 Å². The maximum atomic E-state index is 13.0. The molecule has 1 aliphatic carbocycles. The fraction of sp³-hybridized carbons (Fsp3) is 0.400. The lowest BCUT2D eigenvalue weighted by molar-refractivity contribution is -0.125. The van der Waals surface area contributed by atoms with Crippen LogP contribution in [-0.2, 0) is 9.53 Å². The van der Waals surface area contributed by atoms with Crippen LogP contribution >= 0.6 is 15.9 Å². The van der Waals surface area contributed by atoms with Crippen LogP contribution in [0.5, 0.6) is 0 Å². The van der Waals surface area contributed by atoms with E-state index in [-0.39, 0.29) is 16.0 Å². The quantitative estimate of drug-likeness (QED) is 0.810. The molecular formula is C15H14BrFN2O3. The molecule has 0 aromatic heterocycles. The normalized spacial score (nSPS) is 16.3. The van der Waals surface area contributed by atoms with Crippen molar-refractivity contribution < 1.29 is 18.7 Å². The van der Waals surface area contributed by atoms with E-state index in [0.717, 1.165) is 25.0 Å². The molecule has 1 atom stereocenters. The Balaban J connectivity index is 1.91. The second-order valence-electron chi connectivity index (χ2n) is 5.34. The van der Waals surface area contributed by atoms with Gasteiger partial charge in [-0.15, -0.1) is 0 Å². The van der Waals surface area contributed by atoms with Crippen molar-refractivity contribution in [1.82, 2.24) is 5.32 Å². The SMILES string of the molecule is C[C@](C#N)(NC(=O)COC(=O)c1ccc(F)cc1Br)C1CC1. The van der Waals surface area contributed by atoms with Crippen LogP contribution in [-0.4, -0.2) is 24.0 Å². The topological polar surface area (TPSA) is 79.2 Å². The molecule has 1 aromatic rings. The molecule has 1 amide bonds. The number of amides is 1. The van der Waals surface area contributed by atoms with E-state index in [1.807, 2.05) is 0 Å². The first-order chi connectivity index (χ1) is 10.4. The zero-order valence-electron chi connectivity index (χ0n) is 11.9. The van der Waals surface area contributed by atoms with E-state index in [9.17, 15) is 14.0 Å². The fourth-order valence-electron chi connectivity index (χ4n) is 2.07. The number of esters is 1. The van der Waals surface area contributed by atoms with Crippen molar-refractivity contribution in [2.75, 3.05) is 6.61 Å². The van der Waals surface area contributed by atoms with Gasteiger partial charge in [-0.2, -0.15) is 5.26 Å². The Hall–Kier alpha value is -1.94. The lowest BCUT2D eigenvalue weighted by atomic mass is 9.98. The number of rotatable bonds is 5. The first kappa shape index (κ1) is 16.4. The molecule has 0 radical (unpaired) electrons. The van der Waals surface area contributed by atoms with Crippen molar-refractivity contribution in [3.05, 3.63) is 34.1 Å². The van der Waals surface area contributed by atoms with Gasteiger partial charge in [0.15, 0.2) is 6.61 Å². The summed E-state index contributed by atoms with van der Waals surface area (Å²) in [4.78, 5) is 23.7. The van der Waals surface area contributed by atoms with Gasteiger partial charge in [-0.05, 0) is 59.8 Å². The van der Waals surface area contributed by atoms with Crippen LogP contribution in [0.2, 0.25) is 0 Å². The van der Waals surface area contributed by atoms with Gasteiger partial charge in [0.25, 0.3) is 5.91 Å². The zero-order chi connectivity index (χ0) is 16.3. The smallest absolute Gasteiger partial charge is 0.339 e. The Bertz CT molecular complexity index is 655. The molecule has 1 fully saturated rings. The molecule has 0 bridgehead atoms. The average Bonchev–Trinajstić information content (AvgIpc) is 3.29. The summed E-state index contributed by atoms with van der Waals surface area (Å²) in [6, 6.07) is 5.61. The molecule has 0 aliphatic heterocycles. The third kappa shape index (κ3) is 3.83. The predicted octanol–water partition coefficient (Wildman–Crippen LogP) is 2.55. The van der Waals surface area contributed by atoms with Gasteiger partial charge in [0.05, 0.1) is 11.6 Å². The number of nitrogens with zero attached hydrogens (tertiary/aromatic N) is 1. The zero-order valence-corrected chi connectivity index (χ0v) is 13.4. The van der Waals surface area contributed by atoms with E-state index in [1.54, 1.807) is 6.92 Å². The molecule has 22 heavy (non-hydrogen) atoms. The molecule has 5 nitrogen and oxygen atoms in total. The van der Waals surface area contributed by atoms with Crippen LogP contribution < -0.4 is 5.32 Å². The summed E-state index contributed by atoms with van der Waals surface area (Å²) < 4.78 is 18.1. The summed E-state index contributed by atoms with van der Waals surface area (Å²) in [5.41, 5.74) is -0.806. The standard InChI is InChI=1S/C15H14BrFN2O3/c1-15(8-18,9-2-3-9)19-13(20)7-22-14(21)11-5-4-10(17)6-12(11)16/h4-6,9H,2-3,7H2,1H3,(H,19,20)/t15-/m1/s1. The van der Waals surface area contributed by atoms with Crippen molar-refractivity contribution >= 4 is 27.8 Å². The van der Waals surface area contributed by atoms with Gasteiger partial charge >= 0.3 is 5.97 Å². The van der Waals surface area contributed by atoms with E-state index in [0.29, 0.717) is 0 Å². The summed E-state index contributed by atoms with van der Waals surface area (Å²) >= 11 is 3.06. The lowest BCUT2D eigenvalue weighted by Crippen LogP contribution is -2.48. The van der Waals surface area contributed by atoms with Crippen molar-refractivity contribution in [2.45, 2.75) is 25.3 Å². The molecule has 116 valence electrons. The Kier molecular flexibility index (Phi) is 4.81.